The molecule has 0 saturated carbocycles. The molecule has 23 heavy (non-hydrogen) atoms. The van der Waals surface area contributed by atoms with E-state index in [4.69, 9.17) is 10.5 Å². The number of benzene rings is 2. The number of carbonyl (C=O) groups is 1. The Bertz CT molecular complexity index is 839. The van der Waals surface area contributed by atoms with Crippen LogP contribution in [0.25, 0.3) is 5.69 Å². The second-order valence-corrected chi connectivity index (χ2v) is 4.89. The summed E-state index contributed by atoms with van der Waals surface area (Å²) in [5.74, 6) is 0.279. The van der Waals surface area contributed by atoms with E-state index in [1.165, 1.54) is 23.0 Å². The lowest BCUT2D eigenvalue weighted by Crippen LogP contribution is -2.07. The van der Waals surface area contributed by atoms with Crippen LogP contribution in [-0.4, -0.2) is 22.7 Å². The fourth-order valence-electron chi connectivity index (χ4n) is 2.22. The van der Waals surface area contributed by atoms with E-state index >= 15 is 0 Å². The number of anilines is 1. The van der Waals surface area contributed by atoms with Crippen LogP contribution in [0.15, 0.2) is 54.7 Å². The highest BCUT2D eigenvalue weighted by molar-refractivity contribution is 6.11. The predicted molar refractivity (Wildman–Crippen MR) is 84.4 cm³/mol. The summed E-state index contributed by atoms with van der Waals surface area (Å²) in [4.78, 5) is 12.5. The first-order valence-corrected chi connectivity index (χ1v) is 6.88. The van der Waals surface area contributed by atoms with E-state index in [9.17, 15) is 9.18 Å². The van der Waals surface area contributed by atoms with Gasteiger partial charge in [-0.05, 0) is 48.5 Å². The first-order chi connectivity index (χ1) is 11.1. The number of hydrogen-bond donors (Lipinski definition) is 1. The van der Waals surface area contributed by atoms with Gasteiger partial charge in [-0.15, -0.1) is 0 Å². The molecule has 0 aliphatic rings. The van der Waals surface area contributed by atoms with Crippen LogP contribution in [-0.2, 0) is 0 Å². The minimum Gasteiger partial charge on any atom is -0.497 e. The average Bonchev–Trinajstić information content (AvgIpc) is 2.96. The highest BCUT2D eigenvalue weighted by atomic mass is 19.1. The van der Waals surface area contributed by atoms with Crippen LogP contribution in [0.5, 0.6) is 5.75 Å². The number of hydrogen-bond acceptors (Lipinski definition) is 4. The molecule has 116 valence electrons. The first-order valence-electron chi connectivity index (χ1n) is 6.88. The van der Waals surface area contributed by atoms with Gasteiger partial charge >= 0.3 is 0 Å². The van der Waals surface area contributed by atoms with Gasteiger partial charge in [-0.1, -0.05) is 0 Å². The fourth-order valence-corrected chi connectivity index (χ4v) is 2.22. The van der Waals surface area contributed by atoms with Crippen molar-refractivity contribution in [3.05, 3.63) is 71.7 Å². The number of rotatable bonds is 4. The maximum atomic E-state index is 13.0. The summed E-state index contributed by atoms with van der Waals surface area (Å²) in [5, 5.41) is 4.12. The van der Waals surface area contributed by atoms with Crippen molar-refractivity contribution in [1.29, 1.82) is 0 Å². The third-order valence-corrected chi connectivity index (χ3v) is 3.47. The Morgan fingerprint density at radius 1 is 1.13 bits per heavy atom. The van der Waals surface area contributed by atoms with Crippen molar-refractivity contribution in [1.82, 2.24) is 9.78 Å². The molecule has 0 aliphatic carbocycles. The number of nitrogens with two attached hydrogens (primary N) is 1. The normalized spacial score (nSPS) is 10.5. The molecule has 6 heteroatoms. The number of ketones is 1. The monoisotopic (exact) mass is 311 g/mol. The third-order valence-electron chi connectivity index (χ3n) is 3.47. The Morgan fingerprint density at radius 3 is 2.39 bits per heavy atom. The Morgan fingerprint density at radius 2 is 1.78 bits per heavy atom. The van der Waals surface area contributed by atoms with Crippen molar-refractivity contribution in [2.24, 2.45) is 0 Å². The fraction of sp³-hybridized carbons (Fsp3) is 0.0588. The molecule has 0 spiro atoms. The third kappa shape index (κ3) is 2.78. The van der Waals surface area contributed by atoms with Crippen LogP contribution in [0, 0.1) is 5.82 Å². The van der Waals surface area contributed by atoms with Crippen LogP contribution >= 0.6 is 0 Å². The SMILES string of the molecule is COc1ccc(C(=O)c2cnn(-c3ccc(F)cc3)c2N)cc1. The Labute approximate surface area is 132 Å². The van der Waals surface area contributed by atoms with Crippen LogP contribution in [0.3, 0.4) is 0 Å². The number of nitrogens with zero attached hydrogens (tertiary/aromatic N) is 2. The molecule has 0 radical (unpaired) electrons. The minimum absolute atomic E-state index is 0.206. The molecule has 0 unspecified atom stereocenters. The zero-order chi connectivity index (χ0) is 16.4. The van der Waals surface area contributed by atoms with Gasteiger partial charge in [-0.2, -0.15) is 5.10 Å². The molecule has 1 heterocycles. The van der Waals surface area contributed by atoms with E-state index in [1.54, 1.807) is 43.5 Å². The zero-order valence-corrected chi connectivity index (χ0v) is 12.4. The summed E-state index contributed by atoms with van der Waals surface area (Å²) in [6.45, 7) is 0. The van der Waals surface area contributed by atoms with E-state index in [0.717, 1.165) is 0 Å². The number of ether oxygens (including phenoxy) is 1. The molecule has 0 saturated heterocycles. The number of methoxy groups -OCH3 is 1. The molecule has 2 N–H and O–H groups in total. The molecule has 0 amide bonds. The largest absolute Gasteiger partial charge is 0.497 e. The maximum absolute atomic E-state index is 13.0. The van der Waals surface area contributed by atoms with Crippen molar-refractivity contribution in [3.8, 4) is 11.4 Å². The highest BCUT2D eigenvalue weighted by Gasteiger charge is 2.17. The lowest BCUT2D eigenvalue weighted by Gasteiger charge is -2.05. The van der Waals surface area contributed by atoms with Crippen molar-refractivity contribution in [3.63, 3.8) is 0 Å². The van der Waals surface area contributed by atoms with Crippen molar-refractivity contribution < 1.29 is 13.9 Å². The molecule has 2 aromatic carbocycles. The molecular formula is C17H14FN3O2. The van der Waals surface area contributed by atoms with Gasteiger partial charge in [0.15, 0.2) is 5.78 Å². The lowest BCUT2D eigenvalue weighted by molar-refractivity contribution is 0.103. The van der Waals surface area contributed by atoms with Gasteiger partial charge in [-0.25, -0.2) is 9.07 Å². The number of nitrogen functional groups attached to an aromatic ring is 1. The second-order valence-electron chi connectivity index (χ2n) is 4.89. The summed E-state index contributed by atoms with van der Waals surface area (Å²) in [6, 6.07) is 12.4. The molecule has 1 aromatic heterocycles. The second kappa shape index (κ2) is 5.92. The van der Waals surface area contributed by atoms with Crippen LogP contribution < -0.4 is 10.5 Å². The Kier molecular flexibility index (Phi) is 3.80. The molecule has 3 aromatic rings. The summed E-state index contributed by atoms with van der Waals surface area (Å²) < 4.78 is 19.5. The zero-order valence-electron chi connectivity index (χ0n) is 12.4. The maximum Gasteiger partial charge on any atom is 0.198 e. The predicted octanol–water partition coefficient (Wildman–Crippen LogP) is 2.83. The smallest absolute Gasteiger partial charge is 0.198 e. The summed E-state index contributed by atoms with van der Waals surface area (Å²) in [5.41, 5.74) is 7.38. The summed E-state index contributed by atoms with van der Waals surface area (Å²) in [6.07, 6.45) is 1.41. The van der Waals surface area contributed by atoms with E-state index in [1.807, 2.05) is 0 Å². The molecule has 0 fully saturated rings. The van der Waals surface area contributed by atoms with Gasteiger partial charge in [0.2, 0.25) is 0 Å². The molecule has 3 rings (SSSR count). The molecular weight excluding hydrogens is 297 g/mol. The Balaban J connectivity index is 1.94. The summed E-state index contributed by atoms with van der Waals surface area (Å²) in [7, 11) is 1.56. The van der Waals surface area contributed by atoms with Crippen LogP contribution in [0.1, 0.15) is 15.9 Å². The molecule has 0 aliphatic heterocycles. The quantitative estimate of drug-likeness (QED) is 0.752. The average molecular weight is 311 g/mol. The Hall–Kier alpha value is -3.15. The first kappa shape index (κ1) is 14.8. The lowest BCUT2D eigenvalue weighted by atomic mass is 10.1. The van der Waals surface area contributed by atoms with E-state index < -0.39 is 0 Å². The van der Waals surface area contributed by atoms with Gasteiger partial charge in [0.25, 0.3) is 0 Å². The van der Waals surface area contributed by atoms with Gasteiger partial charge < -0.3 is 10.5 Å². The van der Waals surface area contributed by atoms with E-state index in [0.29, 0.717) is 22.6 Å². The van der Waals surface area contributed by atoms with E-state index in [2.05, 4.69) is 5.10 Å². The standard InChI is InChI=1S/C17H14FN3O2/c1-23-14-8-2-11(3-9-14)16(22)15-10-20-21(17(15)19)13-6-4-12(18)5-7-13/h2-10H,19H2,1H3. The number of aromatic nitrogens is 2. The van der Waals surface area contributed by atoms with Crippen LogP contribution in [0.2, 0.25) is 0 Å². The van der Waals surface area contributed by atoms with Crippen LogP contribution in [0.4, 0.5) is 10.2 Å². The number of carbonyl (C=O) groups excluding carboxylic acids is 1. The van der Waals surface area contributed by atoms with Crippen molar-refractivity contribution >= 4 is 11.6 Å². The van der Waals surface area contributed by atoms with Gasteiger partial charge in [-0.3, -0.25) is 4.79 Å². The molecule has 0 bridgehead atoms. The van der Waals surface area contributed by atoms with Crippen molar-refractivity contribution in [2.75, 3.05) is 12.8 Å². The minimum atomic E-state index is -0.353. The molecule has 5 nitrogen and oxygen atoms in total. The number of halogens is 1. The van der Waals surface area contributed by atoms with Gasteiger partial charge in [0, 0.05) is 5.56 Å². The van der Waals surface area contributed by atoms with Gasteiger partial charge in [0.1, 0.15) is 17.4 Å². The topological polar surface area (TPSA) is 70.1 Å². The highest BCUT2D eigenvalue weighted by Crippen LogP contribution is 2.21. The summed E-state index contributed by atoms with van der Waals surface area (Å²) >= 11 is 0. The van der Waals surface area contributed by atoms with Crippen molar-refractivity contribution in [2.45, 2.75) is 0 Å². The van der Waals surface area contributed by atoms with E-state index in [-0.39, 0.29) is 17.4 Å². The van der Waals surface area contributed by atoms with Gasteiger partial charge in [0.05, 0.1) is 24.6 Å². The molecule has 0 atom stereocenters.